The van der Waals surface area contributed by atoms with Crippen molar-refractivity contribution in [1.82, 2.24) is 15.1 Å². The molecule has 2 fully saturated rings. The summed E-state index contributed by atoms with van der Waals surface area (Å²) in [5.74, 6) is 0.780. The maximum absolute atomic E-state index is 12.9. The number of benzene rings is 1. The van der Waals surface area contributed by atoms with Gasteiger partial charge in [0, 0.05) is 55.5 Å². The lowest BCUT2D eigenvalue weighted by Gasteiger charge is -2.38. The average molecular weight is 556 g/mol. The monoisotopic (exact) mass is 554 g/mol. The Labute approximate surface area is 216 Å². The van der Waals surface area contributed by atoms with Crippen LogP contribution < -0.4 is 15.8 Å². The van der Waals surface area contributed by atoms with E-state index < -0.39 is 5.60 Å². The zero-order valence-electron chi connectivity index (χ0n) is 21.3. The van der Waals surface area contributed by atoms with Gasteiger partial charge in [0.2, 0.25) is 0 Å². The Kier molecular flexibility index (Phi) is 9.66. The van der Waals surface area contributed by atoms with Crippen LogP contribution in [0.25, 0.3) is 0 Å². The third kappa shape index (κ3) is 8.25. The highest BCUT2D eigenvalue weighted by Crippen LogP contribution is 2.29. The number of nitrogens with zero attached hydrogens (tertiary/aromatic N) is 2. The van der Waals surface area contributed by atoms with E-state index in [-0.39, 0.29) is 18.1 Å². The van der Waals surface area contributed by atoms with E-state index in [1.807, 2.05) is 32.6 Å². The van der Waals surface area contributed by atoms with Crippen molar-refractivity contribution in [2.45, 2.75) is 52.2 Å². The molecule has 0 radical (unpaired) electrons. The number of piperidine rings is 1. The first-order chi connectivity index (χ1) is 16.6. The van der Waals surface area contributed by atoms with Gasteiger partial charge in [-0.1, -0.05) is 0 Å². The largest absolute Gasteiger partial charge is 0.493 e. The van der Waals surface area contributed by atoms with Gasteiger partial charge in [0.15, 0.2) is 0 Å². The van der Waals surface area contributed by atoms with E-state index in [0.29, 0.717) is 47.1 Å². The van der Waals surface area contributed by atoms with E-state index >= 15 is 0 Å². The minimum Gasteiger partial charge on any atom is -0.493 e. The predicted molar refractivity (Wildman–Crippen MR) is 139 cm³/mol. The number of nitrogens with one attached hydrogen (secondary N) is 1. The highest BCUT2D eigenvalue weighted by Gasteiger charge is 2.29. The Balaban J connectivity index is 1.45. The minimum atomic E-state index is -0.471. The van der Waals surface area contributed by atoms with Crippen molar-refractivity contribution < 1.29 is 23.8 Å². The Morgan fingerprint density at radius 3 is 2.60 bits per heavy atom. The van der Waals surface area contributed by atoms with Crippen molar-refractivity contribution in [1.29, 1.82) is 0 Å². The SMILES string of the molecule is CCOc1cc(N)c(Br)cc1C(=O)NCC1CN(CC2CCN(C(=O)OC(C)(C)C)CC2)CCO1. The molecule has 1 atom stereocenters. The molecule has 2 amide bonds. The number of hydrogen-bond donors (Lipinski definition) is 2. The maximum Gasteiger partial charge on any atom is 0.410 e. The molecule has 10 heteroatoms. The topological polar surface area (TPSA) is 106 Å². The van der Waals surface area contributed by atoms with Crippen LogP contribution in [-0.2, 0) is 9.47 Å². The van der Waals surface area contributed by atoms with Gasteiger partial charge in [-0.05, 0) is 68.5 Å². The standard InChI is InChI=1S/C25H39BrN4O5/c1-5-33-22-13-21(27)20(26)12-19(22)23(31)28-14-18-16-29(10-11-34-18)15-17-6-8-30(9-7-17)24(32)35-25(2,3)4/h12-13,17-18H,5-11,14-16,27H2,1-4H3,(H,28,31). The number of nitrogen functional groups attached to an aromatic ring is 1. The summed E-state index contributed by atoms with van der Waals surface area (Å²) in [6.07, 6.45) is 1.62. The van der Waals surface area contributed by atoms with Crippen LogP contribution in [0.2, 0.25) is 0 Å². The van der Waals surface area contributed by atoms with Crippen LogP contribution in [0.4, 0.5) is 10.5 Å². The first kappa shape index (κ1) is 27.5. The Morgan fingerprint density at radius 2 is 1.94 bits per heavy atom. The highest BCUT2D eigenvalue weighted by molar-refractivity contribution is 9.10. The normalized spacial score (nSPS) is 19.9. The van der Waals surface area contributed by atoms with Gasteiger partial charge in [0.1, 0.15) is 11.4 Å². The molecule has 1 aromatic carbocycles. The summed E-state index contributed by atoms with van der Waals surface area (Å²) < 4.78 is 17.7. The summed E-state index contributed by atoms with van der Waals surface area (Å²) >= 11 is 3.39. The first-order valence-electron chi connectivity index (χ1n) is 12.4. The molecule has 196 valence electrons. The molecule has 9 nitrogen and oxygen atoms in total. The molecular weight excluding hydrogens is 516 g/mol. The van der Waals surface area contributed by atoms with Gasteiger partial charge in [0.05, 0.1) is 24.9 Å². The summed E-state index contributed by atoms with van der Waals surface area (Å²) in [4.78, 5) is 29.4. The zero-order valence-corrected chi connectivity index (χ0v) is 22.9. The number of carbonyl (C=O) groups excluding carboxylic acids is 2. The molecule has 2 aliphatic heterocycles. The van der Waals surface area contributed by atoms with Crippen molar-refractivity contribution in [3.63, 3.8) is 0 Å². The van der Waals surface area contributed by atoms with E-state index in [1.165, 1.54) is 0 Å². The highest BCUT2D eigenvalue weighted by atomic mass is 79.9. The molecule has 3 rings (SSSR count). The van der Waals surface area contributed by atoms with Crippen LogP contribution in [0.5, 0.6) is 5.75 Å². The molecule has 0 bridgehead atoms. The van der Waals surface area contributed by atoms with Crippen LogP contribution in [0.15, 0.2) is 16.6 Å². The van der Waals surface area contributed by atoms with E-state index in [2.05, 4.69) is 26.1 Å². The molecule has 0 aliphatic carbocycles. The first-order valence-corrected chi connectivity index (χ1v) is 13.2. The van der Waals surface area contributed by atoms with Crippen LogP contribution >= 0.6 is 15.9 Å². The molecule has 1 aromatic rings. The summed E-state index contributed by atoms with van der Waals surface area (Å²) in [5, 5.41) is 2.98. The van der Waals surface area contributed by atoms with E-state index in [4.69, 9.17) is 19.9 Å². The molecule has 35 heavy (non-hydrogen) atoms. The van der Waals surface area contributed by atoms with Gasteiger partial charge in [-0.2, -0.15) is 0 Å². The van der Waals surface area contributed by atoms with Gasteiger partial charge < -0.3 is 30.2 Å². The van der Waals surface area contributed by atoms with Crippen molar-refractivity contribution in [3.8, 4) is 5.75 Å². The van der Waals surface area contributed by atoms with Crippen molar-refractivity contribution in [2.24, 2.45) is 5.92 Å². The number of ether oxygens (including phenoxy) is 3. The summed E-state index contributed by atoms with van der Waals surface area (Å²) in [6, 6.07) is 3.35. The summed E-state index contributed by atoms with van der Waals surface area (Å²) in [6.45, 7) is 13.1. The summed E-state index contributed by atoms with van der Waals surface area (Å²) in [5.41, 5.74) is 6.43. The van der Waals surface area contributed by atoms with Gasteiger partial charge in [-0.15, -0.1) is 0 Å². The lowest BCUT2D eigenvalue weighted by atomic mass is 9.96. The lowest BCUT2D eigenvalue weighted by molar-refractivity contribution is -0.0342. The predicted octanol–water partition coefficient (Wildman–Crippen LogP) is 3.51. The molecular formula is C25H39BrN4O5. The molecule has 2 aliphatic rings. The number of anilines is 1. The molecule has 0 saturated carbocycles. The number of likely N-dealkylation sites (tertiary alicyclic amines) is 1. The second kappa shape index (κ2) is 12.3. The zero-order chi connectivity index (χ0) is 25.6. The number of rotatable bonds is 7. The number of carbonyl (C=O) groups is 2. The number of morpholine rings is 1. The average Bonchev–Trinajstić information content (AvgIpc) is 2.79. The maximum atomic E-state index is 12.9. The fourth-order valence-corrected chi connectivity index (χ4v) is 4.73. The fourth-order valence-electron chi connectivity index (χ4n) is 4.38. The van der Waals surface area contributed by atoms with Gasteiger partial charge in [0.25, 0.3) is 5.91 Å². The molecule has 0 aromatic heterocycles. The second-order valence-electron chi connectivity index (χ2n) is 10.2. The summed E-state index contributed by atoms with van der Waals surface area (Å²) in [7, 11) is 0. The van der Waals surface area contributed by atoms with Crippen LogP contribution in [0, 0.1) is 5.92 Å². The van der Waals surface area contributed by atoms with E-state index in [0.717, 1.165) is 45.6 Å². The van der Waals surface area contributed by atoms with Gasteiger partial charge in [-0.25, -0.2) is 4.79 Å². The molecule has 2 heterocycles. The third-order valence-electron chi connectivity index (χ3n) is 6.14. The Hall–Kier alpha value is -2.04. The van der Waals surface area contributed by atoms with Gasteiger partial charge in [-0.3, -0.25) is 9.69 Å². The Bertz CT molecular complexity index is 883. The van der Waals surface area contributed by atoms with Gasteiger partial charge >= 0.3 is 6.09 Å². The lowest BCUT2D eigenvalue weighted by Crippen LogP contribution is -2.50. The van der Waals surface area contributed by atoms with Crippen molar-refractivity contribution in [2.75, 3.05) is 58.2 Å². The molecule has 0 spiro atoms. The van der Waals surface area contributed by atoms with E-state index in [9.17, 15) is 9.59 Å². The fraction of sp³-hybridized carbons (Fsp3) is 0.680. The van der Waals surface area contributed by atoms with E-state index in [1.54, 1.807) is 12.1 Å². The van der Waals surface area contributed by atoms with Crippen molar-refractivity contribution >= 4 is 33.6 Å². The van der Waals surface area contributed by atoms with Crippen LogP contribution in [0.1, 0.15) is 50.9 Å². The van der Waals surface area contributed by atoms with Crippen LogP contribution in [0.3, 0.4) is 0 Å². The number of hydrogen-bond acceptors (Lipinski definition) is 7. The van der Waals surface area contributed by atoms with Crippen molar-refractivity contribution in [3.05, 3.63) is 22.2 Å². The number of amides is 2. The smallest absolute Gasteiger partial charge is 0.410 e. The second-order valence-corrected chi connectivity index (χ2v) is 11.0. The molecule has 3 N–H and O–H groups in total. The molecule has 2 saturated heterocycles. The minimum absolute atomic E-state index is 0.0812. The number of halogens is 1. The quantitative estimate of drug-likeness (QED) is 0.496. The number of nitrogens with two attached hydrogens (primary N) is 1. The Morgan fingerprint density at radius 1 is 1.23 bits per heavy atom. The van der Waals surface area contributed by atoms with Crippen LogP contribution in [-0.4, -0.2) is 86.0 Å². The third-order valence-corrected chi connectivity index (χ3v) is 6.83. The molecule has 1 unspecified atom stereocenters.